The predicted octanol–water partition coefficient (Wildman–Crippen LogP) is 3.48. The van der Waals surface area contributed by atoms with E-state index in [-0.39, 0.29) is 17.1 Å². The molecule has 7 nitrogen and oxygen atoms in total. The molecule has 20 heavy (non-hydrogen) atoms. The minimum atomic E-state index is -0.688. The molecule has 0 aliphatic rings. The number of aromatic hydroxyl groups is 1. The third kappa shape index (κ3) is 2.69. The van der Waals surface area contributed by atoms with Crippen molar-refractivity contribution in [1.82, 2.24) is 0 Å². The van der Waals surface area contributed by atoms with Gasteiger partial charge in [0, 0.05) is 12.1 Å². The SMILES string of the molecule is O=[N+]([O-])c1cc(-c2cccc(O)c2I)cc([N+](=O)[O-])c1. The first-order valence-corrected chi connectivity index (χ1v) is 6.39. The summed E-state index contributed by atoms with van der Waals surface area (Å²) in [6, 6.07) is 8.05. The van der Waals surface area contributed by atoms with Gasteiger partial charge in [-0.05, 0) is 39.8 Å². The molecule has 2 rings (SSSR count). The molecule has 0 bridgehead atoms. The Balaban J connectivity index is 2.70. The monoisotopic (exact) mass is 386 g/mol. The van der Waals surface area contributed by atoms with Gasteiger partial charge in [-0.2, -0.15) is 0 Å². The molecule has 0 saturated carbocycles. The first-order valence-electron chi connectivity index (χ1n) is 5.32. The number of nitrogens with zero attached hydrogens (tertiary/aromatic N) is 2. The van der Waals surface area contributed by atoms with Gasteiger partial charge in [0.1, 0.15) is 5.75 Å². The topological polar surface area (TPSA) is 107 Å². The summed E-state index contributed by atoms with van der Waals surface area (Å²) < 4.78 is 0.472. The van der Waals surface area contributed by atoms with Crippen molar-refractivity contribution >= 4 is 34.0 Å². The van der Waals surface area contributed by atoms with Crippen LogP contribution in [-0.2, 0) is 0 Å². The molecule has 0 saturated heterocycles. The van der Waals surface area contributed by atoms with Gasteiger partial charge in [0.2, 0.25) is 0 Å². The smallest absolute Gasteiger partial charge is 0.276 e. The highest BCUT2D eigenvalue weighted by atomic mass is 127. The summed E-state index contributed by atoms with van der Waals surface area (Å²) in [7, 11) is 0. The van der Waals surface area contributed by atoms with Crippen LogP contribution < -0.4 is 0 Å². The van der Waals surface area contributed by atoms with Crippen LogP contribution in [0.25, 0.3) is 11.1 Å². The van der Waals surface area contributed by atoms with Crippen LogP contribution in [0, 0.1) is 23.8 Å². The fourth-order valence-electron chi connectivity index (χ4n) is 1.70. The Labute approximate surface area is 126 Å². The van der Waals surface area contributed by atoms with Crippen molar-refractivity contribution in [2.75, 3.05) is 0 Å². The zero-order valence-corrected chi connectivity index (χ0v) is 12.0. The molecule has 0 aliphatic carbocycles. The molecule has 2 aromatic rings. The molecule has 0 amide bonds. The van der Waals surface area contributed by atoms with Crippen LogP contribution in [0.15, 0.2) is 36.4 Å². The molecule has 0 unspecified atom stereocenters. The molecule has 1 N–H and O–H groups in total. The number of phenols is 1. The van der Waals surface area contributed by atoms with Crippen LogP contribution in [0.1, 0.15) is 0 Å². The van der Waals surface area contributed by atoms with E-state index in [2.05, 4.69) is 0 Å². The number of non-ortho nitro benzene ring substituents is 2. The fourth-order valence-corrected chi connectivity index (χ4v) is 2.38. The number of nitro groups is 2. The van der Waals surface area contributed by atoms with E-state index in [0.29, 0.717) is 14.7 Å². The normalized spacial score (nSPS) is 10.2. The van der Waals surface area contributed by atoms with E-state index in [0.717, 1.165) is 6.07 Å². The zero-order valence-electron chi connectivity index (χ0n) is 9.82. The highest BCUT2D eigenvalue weighted by Crippen LogP contribution is 2.35. The molecule has 102 valence electrons. The lowest BCUT2D eigenvalue weighted by atomic mass is 10.0. The average molecular weight is 386 g/mol. The highest BCUT2D eigenvalue weighted by molar-refractivity contribution is 14.1. The van der Waals surface area contributed by atoms with Crippen molar-refractivity contribution in [3.05, 3.63) is 60.2 Å². The Morgan fingerprint density at radius 3 is 2.05 bits per heavy atom. The second kappa shape index (κ2) is 5.41. The van der Waals surface area contributed by atoms with Gasteiger partial charge in [-0.25, -0.2) is 0 Å². The molecule has 0 aliphatic heterocycles. The molecule has 0 spiro atoms. The van der Waals surface area contributed by atoms with E-state index in [4.69, 9.17) is 0 Å². The summed E-state index contributed by atoms with van der Waals surface area (Å²) in [5.41, 5.74) is 0.0743. The minimum Gasteiger partial charge on any atom is -0.507 e. The van der Waals surface area contributed by atoms with E-state index in [9.17, 15) is 25.3 Å². The second-order valence-corrected chi connectivity index (χ2v) is 4.97. The lowest BCUT2D eigenvalue weighted by molar-refractivity contribution is -0.394. The number of benzene rings is 2. The zero-order chi connectivity index (χ0) is 14.9. The molecule has 0 radical (unpaired) electrons. The predicted molar refractivity (Wildman–Crippen MR) is 79.6 cm³/mol. The molecule has 0 atom stereocenters. The Hall–Kier alpha value is -2.23. The summed E-state index contributed by atoms with van der Waals surface area (Å²) in [6.45, 7) is 0. The summed E-state index contributed by atoms with van der Waals surface area (Å²) in [6.07, 6.45) is 0. The van der Waals surface area contributed by atoms with Crippen LogP contribution >= 0.6 is 22.6 Å². The average Bonchev–Trinajstić information content (AvgIpc) is 2.41. The Morgan fingerprint density at radius 2 is 1.55 bits per heavy atom. The molecular formula is C12H7IN2O5. The molecule has 2 aromatic carbocycles. The molecule has 0 fully saturated rings. The summed E-state index contributed by atoms with van der Waals surface area (Å²) in [5.74, 6) is 0.0114. The highest BCUT2D eigenvalue weighted by Gasteiger charge is 2.18. The van der Waals surface area contributed by atoms with Crippen molar-refractivity contribution in [2.24, 2.45) is 0 Å². The number of nitro benzene ring substituents is 2. The van der Waals surface area contributed by atoms with Gasteiger partial charge in [-0.1, -0.05) is 12.1 Å². The van der Waals surface area contributed by atoms with E-state index < -0.39 is 9.85 Å². The number of halogens is 1. The lowest BCUT2D eigenvalue weighted by Crippen LogP contribution is -1.94. The molecule has 0 heterocycles. The maximum Gasteiger partial charge on any atom is 0.276 e. The van der Waals surface area contributed by atoms with Crippen LogP contribution in [0.4, 0.5) is 11.4 Å². The van der Waals surface area contributed by atoms with Gasteiger partial charge in [0.25, 0.3) is 11.4 Å². The molecule has 8 heteroatoms. The van der Waals surface area contributed by atoms with Gasteiger partial charge in [0.05, 0.1) is 19.5 Å². The van der Waals surface area contributed by atoms with Crippen LogP contribution in [0.5, 0.6) is 5.75 Å². The Kier molecular flexibility index (Phi) is 3.84. The van der Waals surface area contributed by atoms with E-state index >= 15 is 0 Å². The number of rotatable bonds is 3. The number of hydrogen-bond acceptors (Lipinski definition) is 5. The minimum absolute atomic E-state index is 0.0114. The third-order valence-corrected chi connectivity index (χ3v) is 3.75. The maximum absolute atomic E-state index is 10.8. The van der Waals surface area contributed by atoms with Gasteiger partial charge in [0.15, 0.2) is 0 Å². The summed E-state index contributed by atoms with van der Waals surface area (Å²) in [4.78, 5) is 20.3. The summed E-state index contributed by atoms with van der Waals surface area (Å²) >= 11 is 1.88. The van der Waals surface area contributed by atoms with Gasteiger partial charge in [-0.15, -0.1) is 0 Å². The molecule has 0 aromatic heterocycles. The largest absolute Gasteiger partial charge is 0.507 e. The van der Waals surface area contributed by atoms with Crippen molar-refractivity contribution in [1.29, 1.82) is 0 Å². The standard InChI is InChI=1S/C12H7IN2O5/c13-12-10(2-1-3-11(12)16)7-4-8(14(17)18)6-9(5-7)15(19)20/h1-6,16H. The van der Waals surface area contributed by atoms with Gasteiger partial charge >= 0.3 is 0 Å². The summed E-state index contributed by atoms with van der Waals surface area (Å²) in [5, 5.41) is 31.3. The van der Waals surface area contributed by atoms with Crippen molar-refractivity contribution in [3.63, 3.8) is 0 Å². The number of phenolic OH excluding ortho intramolecular Hbond substituents is 1. The Morgan fingerprint density at radius 1 is 1.00 bits per heavy atom. The third-order valence-electron chi connectivity index (χ3n) is 2.61. The van der Waals surface area contributed by atoms with E-state index in [1.807, 2.05) is 22.6 Å². The van der Waals surface area contributed by atoms with E-state index in [1.165, 1.54) is 18.2 Å². The van der Waals surface area contributed by atoms with E-state index in [1.54, 1.807) is 12.1 Å². The first kappa shape index (κ1) is 14.2. The first-order chi connectivity index (χ1) is 9.40. The van der Waals surface area contributed by atoms with Crippen molar-refractivity contribution in [2.45, 2.75) is 0 Å². The lowest BCUT2D eigenvalue weighted by Gasteiger charge is -2.06. The fraction of sp³-hybridized carbons (Fsp3) is 0. The van der Waals surface area contributed by atoms with Crippen molar-refractivity contribution in [3.8, 4) is 16.9 Å². The number of hydrogen-bond donors (Lipinski definition) is 1. The van der Waals surface area contributed by atoms with Crippen LogP contribution in [0.3, 0.4) is 0 Å². The molecular weight excluding hydrogens is 379 g/mol. The van der Waals surface area contributed by atoms with Crippen LogP contribution in [0.2, 0.25) is 0 Å². The van der Waals surface area contributed by atoms with Crippen molar-refractivity contribution < 1.29 is 15.0 Å². The Bertz CT molecular complexity index is 685. The van der Waals surface area contributed by atoms with Gasteiger partial charge < -0.3 is 5.11 Å². The van der Waals surface area contributed by atoms with Crippen LogP contribution in [-0.4, -0.2) is 15.0 Å². The van der Waals surface area contributed by atoms with Gasteiger partial charge in [-0.3, -0.25) is 20.2 Å². The second-order valence-electron chi connectivity index (χ2n) is 3.89. The quantitative estimate of drug-likeness (QED) is 0.494. The maximum atomic E-state index is 10.8.